The monoisotopic (exact) mass is 623 g/mol. The van der Waals surface area contributed by atoms with Gasteiger partial charge in [-0.15, -0.1) is 0 Å². The standard InChI is InChI=1S/C35H41N7O4/c1-36-20-25-7-4-5-8-26(25)21-42(32(44)23-12-15-41(16-13-23)34(46)40(2)3)22-30(43)38-28-11-10-24-18-35(19-27(24)17-28)29-9-6-14-37-31(29)39-33(35)45/h4-11,14,17,23,36H,12-13,15-16,18-22H2,1-3H3,(H,38,43)(H,37,39,45). The van der Waals surface area contributed by atoms with Gasteiger partial charge in [-0.2, -0.15) is 0 Å². The van der Waals surface area contributed by atoms with Crippen molar-refractivity contribution in [2.24, 2.45) is 5.92 Å². The first-order valence-electron chi connectivity index (χ1n) is 15.8. The number of nitrogens with zero attached hydrogens (tertiary/aromatic N) is 4. The van der Waals surface area contributed by atoms with E-state index in [1.165, 1.54) is 0 Å². The molecule has 2 aromatic carbocycles. The van der Waals surface area contributed by atoms with E-state index in [0.717, 1.165) is 27.8 Å². The fraction of sp³-hybridized carbons (Fsp3) is 0.400. The molecule has 3 N–H and O–H groups in total. The van der Waals surface area contributed by atoms with E-state index in [9.17, 15) is 19.2 Å². The molecule has 1 spiro atoms. The number of piperidine rings is 1. The van der Waals surface area contributed by atoms with Crippen LogP contribution in [0.1, 0.15) is 40.7 Å². The number of benzene rings is 2. The van der Waals surface area contributed by atoms with Gasteiger partial charge in [0.1, 0.15) is 12.4 Å². The highest BCUT2D eigenvalue weighted by molar-refractivity contribution is 6.06. The second kappa shape index (κ2) is 12.9. The SMILES string of the molecule is CNCc1ccccc1CN(CC(=O)Nc1ccc2c(c1)CC1(C2)C(=O)Nc2ncccc21)C(=O)C1CCN(C(=O)N(C)C)CC1. The van der Waals surface area contributed by atoms with Gasteiger partial charge in [-0.1, -0.05) is 36.4 Å². The summed E-state index contributed by atoms with van der Waals surface area (Å²) in [5, 5.41) is 9.13. The van der Waals surface area contributed by atoms with Crippen LogP contribution in [0.3, 0.4) is 0 Å². The Bertz CT molecular complexity index is 1670. The van der Waals surface area contributed by atoms with Crippen molar-refractivity contribution in [3.8, 4) is 0 Å². The number of fused-ring (bicyclic) bond motifs is 3. The summed E-state index contributed by atoms with van der Waals surface area (Å²) in [6.07, 6.45) is 3.88. The van der Waals surface area contributed by atoms with Gasteiger partial charge in [0.15, 0.2) is 0 Å². The van der Waals surface area contributed by atoms with E-state index in [4.69, 9.17) is 0 Å². The van der Waals surface area contributed by atoms with E-state index in [0.29, 0.717) is 63.4 Å². The Hall–Kier alpha value is -4.77. The molecule has 11 nitrogen and oxygen atoms in total. The zero-order chi connectivity index (χ0) is 32.4. The van der Waals surface area contributed by atoms with E-state index in [-0.39, 0.29) is 36.2 Å². The number of amides is 5. The van der Waals surface area contributed by atoms with Crippen LogP contribution >= 0.6 is 0 Å². The highest BCUT2D eigenvalue weighted by Crippen LogP contribution is 2.47. The van der Waals surface area contributed by atoms with Gasteiger partial charge in [-0.05, 0) is 73.2 Å². The van der Waals surface area contributed by atoms with Gasteiger partial charge in [0.2, 0.25) is 17.7 Å². The number of pyridine rings is 1. The van der Waals surface area contributed by atoms with Crippen molar-refractivity contribution in [1.82, 2.24) is 25.0 Å². The lowest BCUT2D eigenvalue weighted by Gasteiger charge is -2.35. The average Bonchev–Trinajstić information content (AvgIpc) is 3.57. The van der Waals surface area contributed by atoms with Crippen LogP contribution in [-0.4, -0.2) is 84.2 Å². The summed E-state index contributed by atoms with van der Waals surface area (Å²) < 4.78 is 0. The molecular formula is C35H41N7O4. The number of hydrogen-bond donors (Lipinski definition) is 3. The van der Waals surface area contributed by atoms with E-state index in [2.05, 4.69) is 20.9 Å². The normalized spacial score (nSPS) is 18.6. The molecule has 3 aliphatic rings. The van der Waals surface area contributed by atoms with Crippen LogP contribution < -0.4 is 16.0 Å². The summed E-state index contributed by atoms with van der Waals surface area (Å²) in [5.74, 6) is -0.0821. The smallest absolute Gasteiger partial charge is 0.319 e. The molecule has 1 atom stereocenters. The van der Waals surface area contributed by atoms with E-state index < -0.39 is 5.41 Å². The number of anilines is 2. The predicted molar refractivity (Wildman–Crippen MR) is 175 cm³/mol. The van der Waals surface area contributed by atoms with Crippen LogP contribution in [0, 0.1) is 5.92 Å². The minimum Gasteiger partial charge on any atom is -0.331 e. The highest BCUT2D eigenvalue weighted by Gasteiger charge is 2.51. The van der Waals surface area contributed by atoms with Gasteiger partial charge in [-0.3, -0.25) is 14.4 Å². The third-order valence-electron chi connectivity index (χ3n) is 9.45. The van der Waals surface area contributed by atoms with Crippen LogP contribution in [0.4, 0.5) is 16.3 Å². The molecule has 46 heavy (non-hydrogen) atoms. The Balaban J connectivity index is 1.17. The predicted octanol–water partition coefficient (Wildman–Crippen LogP) is 3.15. The summed E-state index contributed by atoms with van der Waals surface area (Å²) in [6, 6.07) is 17.5. The molecule has 1 unspecified atom stereocenters. The maximum atomic E-state index is 14.0. The van der Waals surface area contributed by atoms with Crippen LogP contribution in [0.15, 0.2) is 60.8 Å². The molecule has 6 rings (SSSR count). The summed E-state index contributed by atoms with van der Waals surface area (Å²) in [7, 11) is 5.33. The number of urea groups is 1. The molecule has 1 fully saturated rings. The van der Waals surface area contributed by atoms with E-state index >= 15 is 0 Å². The fourth-order valence-corrected chi connectivity index (χ4v) is 7.07. The van der Waals surface area contributed by atoms with Crippen molar-refractivity contribution in [2.45, 2.75) is 44.2 Å². The average molecular weight is 624 g/mol. The lowest BCUT2D eigenvalue weighted by Crippen LogP contribution is -2.48. The van der Waals surface area contributed by atoms with E-state index in [1.54, 1.807) is 35.0 Å². The molecule has 1 saturated heterocycles. The first-order chi connectivity index (χ1) is 22.2. The van der Waals surface area contributed by atoms with Crippen molar-refractivity contribution in [1.29, 1.82) is 0 Å². The summed E-state index contributed by atoms with van der Waals surface area (Å²) in [6.45, 7) is 1.84. The molecule has 0 bridgehead atoms. The van der Waals surface area contributed by atoms with Crippen LogP contribution in [-0.2, 0) is 45.7 Å². The van der Waals surface area contributed by atoms with Crippen LogP contribution in [0.25, 0.3) is 0 Å². The summed E-state index contributed by atoms with van der Waals surface area (Å²) in [4.78, 5) is 62.4. The Labute approximate surface area is 269 Å². The van der Waals surface area contributed by atoms with Crippen LogP contribution in [0.5, 0.6) is 0 Å². The number of hydrogen-bond acceptors (Lipinski definition) is 6. The third-order valence-corrected chi connectivity index (χ3v) is 9.45. The molecule has 240 valence electrons. The maximum Gasteiger partial charge on any atom is 0.319 e. The molecule has 1 aromatic heterocycles. The van der Waals surface area contributed by atoms with Crippen molar-refractivity contribution >= 4 is 35.3 Å². The number of carbonyl (C=O) groups is 4. The highest BCUT2D eigenvalue weighted by atomic mass is 16.2. The van der Waals surface area contributed by atoms with Crippen molar-refractivity contribution in [3.05, 3.63) is 88.6 Å². The molecule has 3 heterocycles. The van der Waals surface area contributed by atoms with Crippen LogP contribution in [0.2, 0.25) is 0 Å². The second-order valence-corrected chi connectivity index (χ2v) is 12.8. The molecule has 0 saturated carbocycles. The molecule has 11 heteroatoms. The minimum atomic E-state index is -0.689. The van der Waals surface area contributed by atoms with Gasteiger partial charge < -0.3 is 30.7 Å². The third kappa shape index (κ3) is 6.06. The first-order valence-corrected chi connectivity index (χ1v) is 15.8. The van der Waals surface area contributed by atoms with E-state index in [1.807, 2.05) is 61.6 Å². The zero-order valence-electron chi connectivity index (χ0n) is 26.6. The maximum absolute atomic E-state index is 14.0. The van der Waals surface area contributed by atoms with Gasteiger partial charge in [-0.25, -0.2) is 9.78 Å². The van der Waals surface area contributed by atoms with Crippen molar-refractivity contribution < 1.29 is 19.2 Å². The molecular weight excluding hydrogens is 582 g/mol. The number of rotatable bonds is 8. The van der Waals surface area contributed by atoms with Crippen molar-refractivity contribution in [2.75, 3.05) is 51.4 Å². The molecule has 0 radical (unpaired) electrons. The lowest BCUT2D eigenvalue weighted by molar-refractivity contribution is -0.140. The van der Waals surface area contributed by atoms with Gasteiger partial charge in [0.05, 0.1) is 5.41 Å². The number of aromatic nitrogens is 1. The quantitative estimate of drug-likeness (QED) is 0.354. The minimum absolute atomic E-state index is 0.0485. The zero-order valence-corrected chi connectivity index (χ0v) is 26.6. The lowest BCUT2D eigenvalue weighted by atomic mass is 9.79. The Morgan fingerprint density at radius 1 is 1.00 bits per heavy atom. The van der Waals surface area contributed by atoms with Gasteiger partial charge >= 0.3 is 6.03 Å². The van der Waals surface area contributed by atoms with Gasteiger partial charge in [0, 0.05) is 63.6 Å². The molecule has 2 aliphatic heterocycles. The first kappa shape index (κ1) is 31.2. The molecule has 5 amide bonds. The fourth-order valence-electron chi connectivity index (χ4n) is 7.07. The summed E-state index contributed by atoms with van der Waals surface area (Å²) >= 11 is 0. The Morgan fingerprint density at radius 2 is 1.74 bits per heavy atom. The van der Waals surface area contributed by atoms with Gasteiger partial charge in [0.25, 0.3) is 0 Å². The number of carbonyl (C=O) groups excluding carboxylic acids is 4. The number of nitrogens with one attached hydrogen (secondary N) is 3. The number of likely N-dealkylation sites (tertiary alicyclic amines) is 1. The molecule has 3 aromatic rings. The van der Waals surface area contributed by atoms with Crippen molar-refractivity contribution in [3.63, 3.8) is 0 Å². The Morgan fingerprint density at radius 3 is 2.48 bits per heavy atom. The molecule has 1 aliphatic carbocycles. The summed E-state index contributed by atoms with van der Waals surface area (Å²) in [5.41, 5.74) is 4.97. The topological polar surface area (TPSA) is 127 Å². The largest absolute Gasteiger partial charge is 0.331 e. The second-order valence-electron chi connectivity index (χ2n) is 12.8. The Kier molecular flexibility index (Phi) is 8.77.